The highest BCUT2D eigenvalue weighted by Crippen LogP contribution is 2.26. The molecule has 0 spiro atoms. The van der Waals surface area contributed by atoms with Gasteiger partial charge in [-0.15, -0.1) is 11.3 Å². The van der Waals surface area contributed by atoms with Gasteiger partial charge in [-0.3, -0.25) is 4.79 Å². The summed E-state index contributed by atoms with van der Waals surface area (Å²) in [5.41, 5.74) is 0.913. The Morgan fingerprint density at radius 3 is 3.13 bits per heavy atom. The standard InChI is InChI=1S/C17H21N3O2S/c1-22-15-7-3-2-5-13(15)11-16(21)19-12-14-6-4-9-20(14)17-18-8-10-23-17/h2-3,5,7-8,10,14H,4,6,9,11-12H2,1H3,(H,19,21). The summed E-state index contributed by atoms with van der Waals surface area (Å²) in [4.78, 5) is 18.9. The Balaban J connectivity index is 1.54. The first-order chi connectivity index (χ1) is 11.3. The van der Waals surface area contributed by atoms with Crippen molar-refractivity contribution in [2.24, 2.45) is 0 Å². The van der Waals surface area contributed by atoms with Crippen LogP contribution in [0.3, 0.4) is 0 Å². The minimum absolute atomic E-state index is 0.0282. The number of aromatic nitrogens is 1. The minimum atomic E-state index is 0.0282. The average Bonchev–Trinajstić information content (AvgIpc) is 3.24. The van der Waals surface area contributed by atoms with E-state index in [4.69, 9.17) is 4.74 Å². The zero-order valence-electron chi connectivity index (χ0n) is 13.2. The zero-order valence-corrected chi connectivity index (χ0v) is 14.0. The number of hydrogen-bond acceptors (Lipinski definition) is 5. The number of para-hydroxylation sites is 1. The van der Waals surface area contributed by atoms with Crippen molar-refractivity contribution in [2.45, 2.75) is 25.3 Å². The number of carbonyl (C=O) groups excluding carboxylic acids is 1. The van der Waals surface area contributed by atoms with Gasteiger partial charge in [-0.25, -0.2) is 4.98 Å². The summed E-state index contributed by atoms with van der Waals surface area (Å²) in [6, 6.07) is 7.97. The van der Waals surface area contributed by atoms with E-state index in [1.165, 1.54) is 0 Å². The number of nitrogens with one attached hydrogen (secondary N) is 1. The molecule has 2 aromatic rings. The summed E-state index contributed by atoms with van der Waals surface area (Å²) in [6.07, 6.45) is 4.41. The van der Waals surface area contributed by atoms with Crippen LogP contribution in [-0.2, 0) is 11.2 Å². The molecule has 23 heavy (non-hydrogen) atoms. The molecule has 0 aliphatic carbocycles. The Labute approximate surface area is 140 Å². The average molecular weight is 331 g/mol. The van der Waals surface area contributed by atoms with Gasteiger partial charge >= 0.3 is 0 Å². The molecule has 0 saturated carbocycles. The molecule has 5 nitrogen and oxygen atoms in total. The first-order valence-electron chi connectivity index (χ1n) is 7.82. The van der Waals surface area contributed by atoms with Crippen LogP contribution >= 0.6 is 11.3 Å². The lowest BCUT2D eigenvalue weighted by Crippen LogP contribution is -2.40. The summed E-state index contributed by atoms with van der Waals surface area (Å²) in [5.74, 6) is 0.786. The van der Waals surface area contributed by atoms with Crippen LogP contribution in [-0.4, -0.2) is 37.1 Å². The van der Waals surface area contributed by atoms with Gasteiger partial charge in [0.1, 0.15) is 5.75 Å². The van der Waals surface area contributed by atoms with Crippen LogP contribution in [0.15, 0.2) is 35.8 Å². The fraction of sp³-hybridized carbons (Fsp3) is 0.412. The van der Waals surface area contributed by atoms with E-state index in [1.807, 2.05) is 35.8 Å². The van der Waals surface area contributed by atoms with E-state index in [0.717, 1.165) is 35.8 Å². The number of nitrogens with zero attached hydrogens (tertiary/aromatic N) is 2. The third kappa shape index (κ3) is 3.82. The van der Waals surface area contributed by atoms with Gasteiger partial charge in [0.2, 0.25) is 5.91 Å². The highest BCUT2D eigenvalue weighted by Gasteiger charge is 2.26. The SMILES string of the molecule is COc1ccccc1CC(=O)NCC1CCCN1c1nccs1. The van der Waals surface area contributed by atoms with Crippen molar-refractivity contribution in [2.75, 3.05) is 25.1 Å². The third-order valence-electron chi connectivity index (χ3n) is 4.12. The smallest absolute Gasteiger partial charge is 0.224 e. The number of methoxy groups -OCH3 is 1. The van der Waals surface area contributed by atoms with Crippen molar-refractivity contribution in [3.05, 3.63) is 41.4 Å². The van der Waals surface area contributed by atoms with Gasteiger partial charge < -0.3 is 15.0 Å². The highest BCUT2D eigenvalue weighted by atomic mass is 32.1. The Morgan fingerprint density at radius 2 is 2.35 bits per heavy atom. The van der Waals surface area contributed by atoms with E-state index in [-0.39, 0.29) is 5.91 Å². The summed E-state index contributed by atoms with van der Waals surface area (Å²) in [7, 11) is 1.63. The number of benzene rings is 1. The highest BCUT2D eigenvalue weighted by molar-refractivity contribution is 7.13. The van der Waals surface area contributed by atoms with Crippen LogP contribution in [0.5, 0.6) is 5.75 Å². The molecule has 1 aliphatic rings. The lowest BCUT2D eigenvalue weighted by atomic mass is 10.1. The maximum atomic E-state index is 12.2. The number of rotatable bonds is 6. The predicted molar refractivity (Wildman–Crippen MR) is 92.2 cm³/mol. The molecule has 1 unspecified atom stereocenters. The first kappa shape index (κ1) is 15.8. The van der Waals surface area contributed by atoms with Crippen molar-refractivity contribution in [3.63, 3.8) is 0 Å². The number of carbonyl (C=O) groups is 1. The maximum Gasteiger partial charge on any atom is 0.224 e. The molecule has 3 rings (SSSR count). The van der Waals surface area contributed by atoms with Gasteiger partial charge in [-0.2, -0.15) is 0 Å². The van der Waals surface area contributed by atoms with Gasteiger partial charge in [0.05, 0.1) is 13.5 Å². The van der Waals surface area contributed by atoms with Gasteiger partial charge in [0.15, 0.2) is 5.13 Å². The number of anilines is 1. The van der Waals surface area contributed by atoms with E-state index in [2.05, 4.69) is 15.2 Å². The summed E-state index contributed by atoms with van der Waals surface area (Å²) >= 11 is 1.65. The summed E-state index contributed by atoms with van der Waals surface area (Å²) < 4.78 is 5.30. The molecular formula is C17H21N3O2S. The maximum absolute atomic E-state index is 12.2. The molecule has 1 amide bonds. The summed E-state index contributed by atoms with van der Waals surface area (Å²) in [5, 5.41) is 6.10. The molecule has 1 aromatic carbocycles. The molecule has 1 aliphatic heterocycles. The van der Waals surface area contributed by atoms with Crippen molar-refractivity contribution in [1.82, 2.24) is 10.3 Å². The largest absolute Gasteiger partial charge is 0.496 e. The van der Waals surface area contributed by atoms with Gasteiger partial charge in [0.25, 0.3) is 0 Å². The molecule has 1 atom stereocenters. The predicted octanol–water partition coefficient (Wildman–Crippen LogP) is 2.48. The van der Waals surface area contributed by atoms with Crippen molar-refractivity contribution >= 4 is 22.4 Å². The fourth-order valence-electron chi connectivity index (χ4n) is 2.97. The second-order valence-electron chi connectivity index (χ2n) is 5.60. The number of hydrogen-bond donors (Lipinski definition) is 1. The number of thiazole rings is 1. The lowest BCUT2D eigenvalue weighted by molar-refractivity contribution is -0.120. The Kier molecular flexibility index (Phi) is 5.12. The molecule has 1 saturated heterocycles. The van der Waals surface area contributed by atoms with Crippen LogP contribution in [0.1, 0.15) is 18.4 Å². The Hall–Kier alpha value is -2.08. The van der Waals surface area contributed by atoms with Crippen molar-refractivity contribution in [3.8, 4) is 5.75 Å². The molecule has 0 bridgehead atoms. The van der Waals surface area contributed by atoms with Crippen LogP contribution < -0.4 is 15.0 Å². The Bertz CT molecular complexity index is 645. The monoisotopic (exact) mass is 331 g/mol. The van der Waals surface area contributed by atoms with Crippen LogP contribution in [0, 0.1) is 0 Å². The van der Waals surface area contributed by atoms with E-state index >= 15 is 0 Å². The van der Waals surface area contributed by atoms with Crippen molar-refractivity contribution in [1.29, 1.82) is 0 Å². The lowest BCUT2D eigenvalue weighted by Gasteiger charge is -2.24. The molecule has 0 radical (unpaired) electrons. The van der Waals surface area contributed by atoms with Crippen LogP contribution in [0.2, 0.25) is 0 Å². The number of amides is 1. The second kappa shape index (κ2) is 7.46. The molecular weight excluding hydrogens is 310 g/mol. The van der Waals surface area contributed by atoms with E-state index in [1.54, 1.807) is 18.4 Å². The van der Waals surface area contributed by atoms with Gasteiger partial charge in [-0.05, 0) is 18.9 Å². The third-order valence-corrected chi connectivity index (χ3v) is 4.93. The van der Waals surface area contributed by atoms with E-state index < -0.39 is 0 Å². The van der Waals surface area contributed by atoms with Gasteiger partial charge in [-0.1, -0.05) is 18.2 Å². The summed E-state index contributed by atoms with van der Waals surface area (Å²) in [6.45, 7) is 1.67. The first-order valence-corrected chi connectivity index (χ1v) is 8.70. The number of ether oxygens (including phenoxy) is 1. The molecule has 1 fully saturated rings. The van der Waals surface area contributed by atoms with E-state index in [0.29, 0.717) is 19.0 Å². The minimum Gasteiger partial charge on any atom is -0.496 e. The Morgan fingerprint density at radius 1 is 1.48 bits per heavy atom. The fourth-order valence-corrected chi connectivity index (χ4v) is 3.71. The molecule has 122 valence electrons. The van der Waals surface area contributed by atoms with Crippen molar-refractivity contribution < 1.29 is 9.53 Å². The molecule has 6 heteroatoms. The van der Waals surface area contributed by atoms with Crippen LogP contribution in [0.4, 0.5) is 5.13 Å². The zero-order chi connectivity index (χ0) is 16.1. The molecule has 2 heterocycles. The topological polar surface area (TPSA) is 54.5 Å². The normalized spacial score (nSPS) is 17.3. The quantitative estimate of drug-likeness (QED) is 0.883. The van der Waals surface area contributed by atoms with Crippen LogP contribution in [0.25, 0.3) is 0 Å². The van der Waals surface area contributed by atoms with Gasteiger partial charge in [0, 0.05) is 36.3 Å². The second-order valence-corrected chi connectivity index (χ2v) is 6.47. The van der Waals surface area contributed by atoms with E-state index in [9.17, 15) is 4.79 Å². The molecule has 1 N–H and O–H groups in total. The molecule has 1 aromatic heterocycles.